The zero-order valence-electron chi connectivity index (χ0n) is 32.6. The molecule has 2 aliphatic carbocycles. The van der Waals surface area contributed by atoms with E-state index in [2.05, 4.69) is 47.4 Å². The number of nitriles is 1. The van der Waals surface area contributed by atoms with Gasteiger partial charge in [-0.1, -0.05) is 17.7 Å². The molecule has 4 amide bonds. The quantitative estimate of drug-likeness (QED) is 0.198. The highest BCUT2D eigenvalue weighted by atomic mass is 35.5. The topological polar surface area (TPSA) is 162 Å². The van der Waals surface area contributed by atoms with Crippen molar-refractivity contribution in [2.75, 3.05) is 49.1 Å². The molecule has 2 saturated carbocycles. The number of hydrogen-bond donors (Lipinski definition) is 2. The van der Waals surface area contributed by atoms with Crippen LogP contribution in [0.3, 0.4) is 0 Å². The number of nitrogens with one attached hydrogen (secondary N) is 2. The first-order valence-corrected chi connectivity index (χ1v) is 21.2. The monoisotopic (exact) mass is 804 g/mol. The van der Waals surface area contributed by atoms with Crippen LogP contribution < -0.4 is 25.2 Å². The molecule has 2 aromatic carbocycles. The second kappa shape index (κ2) is 16.2. The Morgan fingerprint density at radius 3 is 2.47 bits per heavy atom. The van der Waals surface area contributed by atoms with Gasteiger partial charge in [0, 0.05) is 63.2 Å². The molecule has 58 heavy (non-hydrogen) atoms. The van der Waals surface area contributed by atoms with E-state index in [9.17, 15) is 14.4 Å². The van der Waals surface area contributed by atoms with Gasteiger partial charge in [-0.25, -0.2) is 4.79 Å². The largest absolute Gasteiger partial charge is 0.490 e. The number of carbonyl (C=O) groups is 3. The average molecular weight is 805 g/mol. The lowest BCUT2D eigenvalue weighted by molar-refractivity contribution is -0.120. The van der Waals surface area contributed by atoms with Crippen LogP contribution in [-0.4, -0.2) is 94.1 Å². The number of benzene rings is 2. The first kappa shape index (κ1) is 38.3. The van der Waals surface area contributed by atoms with Crippen molar-refractivity contribution in [3.63, 3.8) is 0 Å². The molecule has 2 N–H and O–H groups in total. The van der Waals surface area contributed by atoms with Crippen molar-refractivity contribution in [2.24, 2.45) is 11.3 Å². The molecule has 5 heterocycles. The SMILES string of the molecule is N#Cc1ccc(OC2CCC(NC(=O)c3ccc(N4CCC5(CC4)CC(CN4CCC(n6ncc7c(N8CCC(=O)NC8=O)cccc76)CC4)C5)nn3)CC2)cc1Cl. The highest BCUT2D eigenvalue weighted by Gasteiger charge is 2.46. The summed E-state index contributed by atoms with van der Waals surface area (Å²) in [4.78, 5) is 43.9. The highest BCUT2D eigenvalue weighted by molar-refractivity contribution is 6.31. The number of amides is 4. The van der Waals surface area contributed by atoms with Crippen LogP contribution in [0.4, 0.5) is 16.3 Å². The van der Waals surface area contributed by atoms with Crippen molar-refractivity contribution >= 4 is 51.9 Å². The second-order valence-electron chi connectivity index (χ2n) is 16.9. The Labute approximate surface area is 342 Å². The number of anilines is 2. The minimum Gasteiger partial charge on any atom is -0.490 e. The summed E-state index contributed by atoms with van der Waals surface area (Å²) in [6, 6.07) is 16.9. The van der Waals surface area contributed by atoms with Crippen molar-refractivity contribution in [3.05, 3.63) is 71.0 Å². The maximum absolute atomic E-state index is 13.0. The number of nitrogens with zero attached hydrogens (tertiary/aromatic N) is 8. The van der Waals surface area contributed by atoms with Crippen molar-refractivity contribution in [3.8, 4) is 11.8 Å². The Kier molecular flexibility index (Phi) is 10.7. The van der Waals surface area contributed by atoms with Gasteiger partial charge in [0.25, 0.3) is 5.91 Å². The third kappa shape index (κ3) is 7.94. The third-order valence-corrected chi connectivity index (χ3v) is 13.5. The number of ether oxygens (including phenoxy) is 1. The molecule has 0 radical (unpaired) electrons. The molecule has 3 aliphatic heterocycles. The smallest absolute Gasteiger partial charge is 0.328 e. The number of urea groups is 1. The van der Waals surface area contributed by atoms with Gasteiger partial charge >= 0.3 is 6.03 Å². The fraction of sp³-hybridized carbons (Fsp3) is 0.512. The Balaban J connectivity index is 0.690. The molecule has 9 rings (SSSR count). The van der Waals surface area contributed by atoms with E-state index in [1.165, 1.54) is 12.8 Å². The Bertz CT molecular complexity index is 2210. The average Bonchev–Trinajstić information content (AvgIpc) is 3.67. The van der Waals surface area contributed by atoms with E-state index in [1.54, 1.807) is 29.2 Å². The fourth-order valence-corrected chi connectivity index (χ4v) is 10.3. The molecule has 5 fully saturated rings. The van der Waals surface area contributed by atoms with E-state index in [4.69, 9.17) is 26.7 Å². The van der Waals surface area contributed by atoms with Gasteiger partial charge in [0.2, 0.25) is 5.91 Å². The molecule has 3 saturated heterocycles. The van der Waals surface area contributed by atoms with E-state index in [0.717, 1.165) is 112 Å². The number of carbonyl (C=O) groups excluding carboxylic acids is 3. The van der Waals surface area contributed by atoms with Crippen LogP contribution in [0.1, 0.15) is 92.7 Å². The van der Waals surface area contributed by atoms with Crippen LogP contribution in [0.25, 0.3) is 10.9 Å². The van der Waals surface area contributed by atoms with Gasteiger partial charge in [-0.3, -0.25) is 24.5 Å². The summed E-state index contributed by atoms with van der Waals surface area (Å²) in [6.07, 6.45) is 12.4. The Morgan fingerprint density at radius 2 is 1.76 bits per heavy atom. The first-order chi connectivity index (χ1) is 28.2. The standard InChI is InChI=1S/C43H49ClN10O4/c44-35-22-33(7-4-29(35)25-45)58-32-8-5-30(6-9-32)47-41(56)36-10-11-39(50-49-36)52-20-15-43(16-21-52)23-28(24-43)27-51-17-12-31(13-18-51)54-38-3-1-2-37(34(38)26-46-54)53-19-14-40(55)48-42(53)57/h1-4,7,10-11,22,26,28,30-32H,5-6,8-9,12-21,23-24,27H2,(H,47,56)(H,48,55,57). The van der Waals surface area contributed by atoms with Crippen LogP contribution in [0.15, 0.2) is 54.7 Å². The first-order valence-electron chi connectivity index (χ1n) is 20.8. The Morgan fingerprint density at radius 1 is 0.966 bits per heavy atom. The summed E-state index contributed by atoms with van der Waals surface area (Å²) in [5.41, 5.74) is 3.02. The van der Waals surface area contributed by atoms with Crippen molar-refractivity contribution < 1.29 is 19.1 Å². The molecule has 0 unspecified atom stereocenters. The van der Waals surface area contributed by atoms with E-state index >= 15 is 0 Å². The number of rotatable bonds is 9. The fourth-order valence-electron chi connectivity index (χ4n) is 10.1. The van der Waals surface area contributed by atoms with Crippen LogP contribution >= 0.6 is 11.6 Å². The van der Waals surface area contributed by atoms with E-state index in [-0.39, 0.29) is 30.0 Å². The molecular formula is C43H49ClN10O4. The molecule has 0 bridgehead atoms. The number of aromatic nitrogens is 4. The molecule has 0 atom stereocenters. The zero-order chi connectivity index (χ0) is 39.8. The number of piperidine rings is 2. The summed E-state index contributed by atoms with van der Waals surface area (Å²) in [6.45, 7) is 5.55. The summed E-state index contributed by atoms with van der Waals surface area (Å²) in [7, 11) is 0. The van der Waals surface area contributed by atoms with Gasteiger partial charge in [-0.15, -0.1) is 10.2 Å². The predicted molar refractivity (Wildman–Crippen MR) is 219 cm³/mol. The number of imide groups is 1. The van der Waals surface area contributed by atoms with E-state index in [0.29, 0.717) is 46.5 Å². The summed E-state index contributed by atoms with van der Waals surface area (Å²) in [5.74, 6) is 1.80. The molecule has 15 heteroatoms. The van der Waals surface area contributed by atoms with E-state index in [1.807, 2.05) is 24.4 Å². The molecular weight excluding hydrogens is 756 g/mol. The summed E-state index contributed by atoms with van der Waals surface area (Å²) >= 11 is 6.16. The molecule has 2 aromatic heterocycles. The second-order valence-corrected chi connectivity index (χ2v) is 17.3. The number of likely N-dealkylation sites (tertiary alicyclic amines) is 1. The normalized spacial score (nSPS) is 23.0. The minimum atomic E-state index is -0.372. The van der Waals surface area contributed by atoms with Crippen LogP contribution in [0, 0.1) is 22.7 Å². The van der Waals surface area contributed by atoms with Gasteiger partial charge in [-0.05, 0) is 112 Å². The van der Waals surface area contributed by atoms with Gasteiger partial charge in [0.15, 0.2) is 11.5 Å². The minimum absolute atomic E-state index is 0.0376. The van der Waals surface area contributed by atoms with Gasteiger partial charge < -0.3 is 19.9 Å². The van der Waals surface area contributed by atoms with Crippen molar-refractivity contribution in [2.45, 2.75) is 88.8 Å². The van der Waals surface area contributed by atoms with Crippen LogP contribution in [-0.2, 0) is 4.79 Å². The highest BCUT2D eigenvalue weighted by Crippen LogP contribution is 2.53. The lowest BCUT2D eigenvalue weighted by Crippen LogP contribution is -2.50. The van der Waals surface area contributed by atoms with Crippen LogP contribution in [0.2, 0.25) is 5.02 Å². The summed E-state index contributed by atoms with van der Waals surface area (Å²) in [5, 5.41) is 29.6. The van der Waals surface area contributed by atoms with E-state index < -0.39 is 0 Å². The molecule has 5 aliphatic rings. The number of halogens is 1. The maximum Gasteiger partial charge on any atom is 0.328 e. The molecule has 302 valence electrons. The lowest BCUT2D eigenvalue weighted by Gasteiger charge is -2.53. The van der Waals surface area contributed by atoms with Crippen molar-refractivity contribution in [1.29, 1.82) is 5.26 Å². The summed E-state index contributed by atoms with van der Waals surface area (Å²) < 4.78 is 8.24. The molecule has 1 spiro atoms. The third-order valence-electron chi connectivity index (χ3n) is 13.2. The number of hydrogen-bond acceptors (Lipinski definition) is 10. The van der Waals surface area contributed by atoms with Gasteiger partial charge in [0.05, 0.1) is 40.1 Å². The Hall–Kier alpha value is -5.26. The molecule has 14 nitrogen and oxygen atoms in total. The lowest BCUT2D eigenvalue weighted by atomic mass is 9.57. The molecule has 4 aromatic rings. The van der Waals surface area contributed by atoms with Gasteiger partial charge in [0.1, 0.15) is 11.8 Å². The maximum atomic E-state index is 13.0. The zero-order valence-corrected chi connectivity index (χ0v) is 33.4. The van der Waals surface area contributed by atoms with Crippen LogP contribution in [0.5, 0.6) is 5.75 Å². The number of fused-ring (bicyclic) bond motifs is 1. The van der Waals surface area contributed by atoms with Crippen molar-refractivity contribution in [1.82, 2.24) is 35.5 Å². The predicted octanol–water partition coefficient (Wildman–Crippen LogP) is 6.25. The van der Waals surface area contributed by atoms with Gasteiger partial charge in [-0.2, -0.15) is 10.4 Å².